The van der Waals surface area contributed by atoms with Crippen molar-refractivity contribution in [3.63, 3.8) is 0 Å². The molecule has 0 unspecified atom stereocenters. The standard InChI is InChI=1S/C29H37N3O4S/c1-20(33)32(24-18-23(12-16-28(2,3)4)37-26(24)27(34)35)29(14-6-5-7-15-29)21-8-10-22(11-9-21)36-25-13-17-30-19-31-25/h13,17-19,21-22H,5-11,14-15H2,1-4H3,(H,34,35). The second kappa shape index (κ2) is 11.2. The molecule has 0 saturated heterocycles. The summed E-state index contributed by atoms with van der Waals surface area (Å²) in [4.78, 5) is 36.6. The number of anilines is 1. The molecule has 1 N–H and O–H groups in total. The Balaban J connectivity index is 1.66. The molecule has 1 amide bonds. The molecule has 0 bridgehead atoms. The van der Waals surface area contributed by atoms with E-state index in [4.69, 9.17) is 4.74 Å². The van der Waals surface area contributed by atoms with Gasteiger partial charge in [-0.3, -0.25) is 4.79 Å². The summed E-state index contributed by atoms with van der Waals surface area (Å²) >= 11 is 1.17. The van der Waals surface area contributed by atoms with Gasteiger partial charge in [0.1, 0.15) is 17.3 Å². The number of nitrogens with zero attached hydrogens (tertiary/aromatic N) is 3. The van der Waals surface area contributed by atoms with Gasteiger partial charge in [0.2, 0.25) is 11.8 Å². The van der Waals surface area contributed by atoms with Crippen molar-refractivity contribution < 1.29 is 19.4 Å². The smallest absolute Gasteiger partial charge is 0.348 e. The second-order valence-corrected chi connectivity index (χ2v) is 12.3. The van der Waals surface area contributed by atoms with Gasteiger partial charge in [-0.05, 0) is 71.3 Å². The molecule has 8 heteroatoms. The average Bonchev–Trinajstić information content (AvgIpc) is 3.28. The number of aromatic carboxylic acids is 1. The highest BCUT2D eigenvalue weighted by molar-refractivity contribution is 7.15. The first-order chi connectivity index (χ1) is 17.6. The lowest BCUT2D eigenvalue weighted by Gasteiger charge is -2.52. The predicted octanol–water partition coefficient (Wildman–Crippen LogP) is 6.33. The van der Waals surface area contributed by atoms with E-state index >= 15 is 0 Å². The van der Waals surface area contributed by atoms with Crippen molar-refractivity contribution >= 4 is 28.9 Å². The van der Waals surface area contributed by atoms with Gasteiger partial charge in [0.15, 0.2) is 0 Å². The van der Waals surface area contributed by atoms with Gasteiger partial charge >= 0.3 is 5.97 Å². The number of hydrogen-bond acceptors (Lipinski definition) is 6. The fourth-order valence-corrected chi connectivity index (χ4v) is 6.78. The summed E-state index contributed by atoms with van der Waals surface area (Å²) in [5.74, 6) is 6.11. The number of carbonyl (C=O) groups excluding carboxylic acids is 1. The summed E-state index contributed by atoms with van der Waals surface area (Å²) in [6.45, 7) is 7.65. The molecule has 37 heavy (non-hydrogen) atoms. The fourth-order valence-electron chi connectivity index (χ4n) is 5.95. The summed E-state index contributed by atoms with van der Waals surface area (Å²) in [5, 5.41) is 10.1. The highest BCUT2D eigenvalue weighted by Gasteiger charge is 2.48. The van der Waals surface area contributed by atoms with Crippen LogP contribution >= 0.6 is 11.3 Å². The summed E-state index contributed by atoms with van der Waals surface area (Å²) < 4.78 is 6.10. The molecule has 0 atom stereocenters. The molecule has 198 valence electrons. The third kappa shape index (κ3) is 6.32. The van der Waals surface area contributed by atoms with Gasteiger partial charge in [0, 0.05) is 24.6 Å². The van der Waals surface area contributed by atoms with Crippen molar-refractivity contribution in [1.82, 2.24) is 9.97 Å². The number of ether oxygens (including phenoxy) is 1. The Labute approximate surface area is 223 Å². The molecular weight excluding hydrogens is 486 g/mol. The SMILES string of the molecule is CC(=O)N(c1cc(C#CC(C)(C)C)sc1C(=O)O)C1(C2CCC(Oc3ccncn3)CC2)CCCCC1. The molecule has 2 aromatic heterocycles. The molecule has 2 saturated carbocycles. The summed E-state index contributed by atoms with van der Waals surface area (Å²) in [7, 11) is 0. The Morgan fingerprint density at radius 2 is 1.86 bits per heavy atom. The van der Waals surface area contributed by atoms with Crippen molar-refractivity contribution in [2.45, 2.75) is 97.1 Å². The molecule has 0 aliphatic heterocycles. The van der Waals surface area contributed by atoms with E-state index < -0.39 is 11.5 Å². The van der Waals surface area contributed by atoms with Crippen LogP contribution in [0.2, 0.25) is 0 Å². The number of carboxylic acid groups (broad SMARTS) is 1. The fraction of sp³-hybridized carbons (Fsp3) is 0.586. The summed E-state index contributed by atoms with van der Waals surface area (Å²) in [6, 6.07) is 3.60. The molecule has 4 rings (SSSR count). The zero-order valence-corrected chi connectivity index (χ0v) is 23.1. The van der Waals surface area contributed by atoms with Gasteiger partial charge in [0.25, 0.3) is 0 Å². The minimum atomic E-state index is -1.01. The van der Waals surface area contributed by atoms with Gasteiger partial charge in [-0.15, -0.1) is 11.3 Å². The van der Waals surface area contributed by atoms with Crippen LogP contribution in [-0.4, -0.2) is 38.6 Å². The van der Waals surface area contributed by atoms with Crippen LogP contribution in [-0.2, 0) is 4.79 Å². The quantitative estimate of drug-likeness (QED) is 0.445. The Hall–Kier alpha value is -2.92. The number of carboxylic acids is 1. The van der Waals surface area contributed by atoms with Gasteiger partial charge in [-0.2, -0.15) is 0 Å². The lowest BCUT2D eigenvalue weighted by Crippen LogP contribution is -2.58. The molecule has 2 heterocycles. The van der Waals surface area contributed by atoms with E-state index in [2.05, 4.69) is 21.8 Å². The van der Waals surface area contributed by atoms with E-state index in [0.717, 1.165) is 57.8 Å². The number of carbonyl (C=O) groups is 2. The number of aromatic nitrogens is 2. The maximum atomic E-state index is 13.4. The van der Waals surface area contributed by atoms with Crippen molar-refractivity contribution in [3.8, 4) is 17.7 Å². The van der Waals surface area contributed by atoms with E-state index in [1.165, 1.54) is 17.7 Å². The van der Waals surface area contributed by atoms with E-state index in [9.17, 15) is 14.7 Å². The molecule has 2 aliphatic carbocycles. The van der Waals surface area contributed by atoms with E-state index in [-0.39, 0.29) is 28.2 Å². The molecule has 0 aromatic carbocycles. The van der Waals surface area contributed by atoms with Gasteiger partial charge in [0.05, 0.1) is 16.1 Å². The first-order valence-corrected chi connectivity index (χ1v) is 14.0. The van der Waals surface area contributed by atoms with Crippen LogP contribution in [0.3, 0.4) is 0 Å². The number of rotatable bonds is 6. The Morgan fingerprint density at radius 3 is 2.43 bits per heavy atom. The van der Waals surface area contributed by atoms with Crippen LogP contribution in [0.5, 0.6) is 5.88 Å². The highest BCUT2D eigenvalue weighted by Crippen LogP contribution is 2.49. The first kappa shape index (κ1) is 27.1. The van der Waals surface area contributed by atoms with Gasteiger partial charge < -0.3 is 14.7 Å². The highest BCUT2D eigenvalue weighted by atomic mass is 32.1. The topological polar surface area (TPSA) is 92.6 Å². The minimum absolute atomic E-state index is 0.0765. The number of amides is 1. The molecule has 2 aliphatic rings. The van der Waals surface area contributed by atoms with Crippen LogP contribution in [0.25, 0.3) is 0 Å². The lowest BCUT2D eigenvalue weighted by molar-refractivity contribution is -0.118. The van der Waals surface area contributed by atoms with E-state index in [0.29, 0.717) is 16.4 Å². The third-order valence-electron chi connectivity index (χ3n) is 7.46. The molecule has 2 fully saturated rings. The van der Waals surface area contributed by atoms with E-state index in [1.54, 1.807) is 19.2 Å². The zero-order chi connectivity index (χ0) is 26.6. The predicted molar refractivity (Wildman–Crippen MR) is 145 cm³/mol. The molecule has 0 spiro atoms. The Morgan fingerprint density at radius 1 is 1.16 bits per heavy atom. The molecule has 0 radical (unpaired) electrons. The van der Waals surface area contributed by atoms with Crippen molar-refractivity contribution in [2.24, 2.45) is 11.3 Å². The van der Waals surface area contributed by atoms with Crippen molar-refractivity contribution in [3.05, 3.63) is 34.4 Å². The van der Waals surface area contributed by atoms with Crippen LogP contribution < -0.4 is 9.64 Å². The lowest BCUT2D eigenvalue weighted by atomic mass is 9.66. The normalized spacial score (nSPS) is 21.4. The molecule has 2 aromatic rings. The number of thiophene rings is 1. The zero-order valence-electron chi connectivity index (χ0n) is 22.2. The van der Waals surface area contributed by atoms with Gasteiger partial charge in [-0.1, -0.05) is 31.1 Å². The van der Waals surface area contributed by atoms with Crippen molar-refractivity contribution in [1.29, 1.82) is 0 Å². The third-order valence-corrected chi connectivity index (χ3v) is 8.49. The average molecular weight is 524 g/mol. The Kier molecular flexibility index (Phi) is 8.23. The maximum Gasteiger partial charge on any atom is 0.348 e. The van der Waals surface area contributed by atoms with E-state index in [1.807, 2.05) is 31.7 Å². The van der Waals surface area contributed by atoms with Crippen LogP contribution in [0.15, 0.2) is 24.7 Å². The van der Waals surface area contributed by atoms with Crippen LogP contribution in [0.4, 0.5) is 5.69 Å². The molecule has 7 nitrogen and oxygen atoms in total. The van der Waals surface area contributed by atoms with Crippen LogP contribution in [0, 0.1) is 23.2 Å². The molecular formula is C29H37N3O4S. The number of hydrogen-bond donors (Lipinski definition) is 1. The summed E-state index contributed by atoms with van der Waals surface area (Å²) in [6.07, 6.45) is 11.8. The Bertz CT molecular complexity index is 1160. The summed E-state index contributed by atoms with van der Waals surface area (Å²) in [5.41, 5.74) is -0.0982. The largest absolute Gasteiger partial charge is 0.477 e. The van der Waals surface area contributed by atoms with Crippen molar-refractivity contribution in [2.75, 3.05) is 4.90 Å². The van der Waals surface area contributed by atoms with Crippen LogP contribution in [0.1, 0.15) is 100 Å². The van der Waals surface area contributed by atoms with Gasteiger partial charge in [-0.25, -0.2) is 14.8 Å². The first-order valence-electron chi connectivity index (χ1n) is 13.2. The second-order valence-electron chi connectivity index (χ2n) is 11.3. The maximum absolute atomic E-state index is 13.4. The monoisotopic (exact) mass is 523 g/mol. The minimum Gasteiger partial charge on any atom is -0.477 e.